The summed E-state index contributed by atoms with van der Waals surface area (Å²) in [5.41, 5.74) is 8.53. The molecule has 5 N–H and O–H groups in total. The van der Waals surface area contributed by atoms with Gasteiger partial charge < -0.3 is 16.6 Å². The molecule has 114 valence electrons. The number of carbonyl (C=O) groups is 1. The zero-order valence-corrected chi connectivity index (χ0v) is 12.1. The smallest absolute Gasteiger partial charge is 0.326 e. The summed E-state index contributed by atoms with van der Waals surface area (Å²) in [6.07, 6.45) is 0.974. The lowest BCUT2D eigenvalue weighted by Gasteiger charge is -2.19. The van der Waals surface area contributed by atoms with Crippen molar-refractivity contribution in [1.29, 1.82) is 0 Å². The third kappa shape index (κ3) is 9.63. The van der Waals surface area contributed by atoms with Gasteiger partial charge >= 0.3 is 5.97 Å². The molecule has 1 atom stereocenters. The number of hydrogen-bond acceptors (Lipinski definition) is 3. The maximum Gasteiger partial charge on any atom is 0.326 e. The monoisotopic (exact) mass is 321 g/mol. The summed E-state index contributed by atoms with van der Waals surface area (Å²) >= 11 is 0. The normalized spacial score (nSPS) is 14.9. The molecule has 0 aliphatic heterocycles. The van der Waals surface area contributed by atoms with Gasteiger partial charge in [-0.15, -0.1) is 24.8 Å². The maximum atomic E-state index is 13.1. The van der Waals surface area contributed by atoms with E-state index in [0.717, 1.165) is 6.08 Å². The average molecular weight is 322 g/mol. The minimum Gasteiger partial charge on any atom is -0.480 e. The highest BCUT2D eigenvalue weighted by molar-refractivity contribution is 5.85. The topological polar surface area (TPSA) is 102 Å². The number of nitrogens with zero attached hydrogens (tertiary/aromatic N) is 1. The van der Waals surface area contributed by atoms with E-state index >= 15 is 0 Å². The van der Waals surface area contributed by atoms with Crippen LogP contribution in [0.2, 0.25) is 0 Å². The second-order valence-electron chi connectivity index (χ2n) is 3.74. The second-order valence-corrected chi connectivity index (χ2v) is 3.74. The van der Waals surface area contributed by atoms with Gasteiger partial charge in [0.05, 0.1) is 12.4 Å². The summed E-state index contributed by atoms with van der Waals surface area (Å²) in [4.78, 5) is 14.2. The highest BCUT2D eigenvalue weighted by Crippen LogP contribution is 2.13. The van der Waals surface area contributed by atoms with E-state index in [-0.39, 0.29) is 50.0 Å². The molecule has 0 fully saturated rings. The summed E-state index contributed by atoms with van der Waals surface area (Å²) < 4.78 is 25.5. The number of carboxylic acids is 1. The Morgan fingerprint density at radius 3 is 2.37 bits per heavy atom. The Morgan fingerprint density at radius 1 is 1.47 bits per heavy atom. The highest BCUT2D eigenvalue weighted by Gasteiger charge is 2.33. The van der Waals surface area contributed by atoms with Crippen LogP contribution in [0, 0.1) is 0 Å². The van der Waals surface area contributed by atoms with Gasteiger partial charge in [0.2, 0.25) is 0 Å². The van der Waals surface area contributed by atoms with E-state index in [1.807, 2.05) is 0 Å². The predicted molar refractivity (Wildman–Crippen MR) is 75.6 cm³/mol. The van der Waals surface area contributed by atoms with Crippen molar-refractivity contribution >= 4 is 36.6 Å². The van der Waals surface area contributed by atoms with Gasteiger partial charge in [-0.2, -0.15) is 0 Å². The molecule has 0 bridgehead atoms. The minimum atomic E-state index is -1.95. The van der Waals surface area contributed by atoms with Gasteiger partial charge in [0, 0.05) is 0 Å². The van der Waals surface area contributed by atoms with Crippen LogP contribution in [0.1, 0.15) is 19.8 Å². The molecule has 19 heavy (non-hydrogen) atoms. The van der Waals surface area contributed by atoms with Crippen molar-refractivity contribution in [3.05, 3.63) is 11.9 Å². The zero-order valence-electron chi connectivity index (χ0n) is 10.4. The largest absolute Gasteiger partial charge is 0.480 e. The molecule has 0 aromatic heterocycles. The first kappa shape index (κ1) is 23.2. The number of halogens is 4. The van der Waals surface area contributed by atoms with Crippen LogP contribution >= 0.6 is 24.8 Å². The van der Waals surface area contributed by atoms with E-state index in [1.165, 1.54) is 6.92 Å². The SMILES string of the molecule is CC(N)=NC/C(F)=C\CC[C@@](N)(CF)C(=O)O.Cl.Cl. The predicted octanol–water partition coefficient (Wildman–Crippen LogP) is 1.59. The van der Waals surface area contributed by atoms with Crippen LogP contribution in [0.5, 0.6) is 0 Å². The van der Waals surface area contributed by atoms with Crippen molar-refractivity contribution < 1.29 is 18.7 Å². The van der Waals surface area contributed by atoms with Crippen molar-refractivity contribution in [2.75, 3.05) is 13.2 Å². The van der Waals surface area contributed by atoms with Crippen molar-refractivity contribution in [3.8, 4) is 0 Å². The molecule has 9 heteroatoms. The second kappa shape index (κ2) is 11.0. The molecule has 0 aliphatic carbocycles. The summed E-state index contributed by atoms with van der Waals surface area (Å²) in [6.45, 7) is 0.117. The molecule has 0 radical (unpaired) electrons. The number of carboxylic acid groups (broad SMARTS) is 1. The minimum absolute atomic E-state index is 0. The van der Waals surface area contributed by atoms with Crippen molar-refractivity contribution in [2.45, 2.75) is 25.3 Å². The lowest BCUT2D eigenvalue weighted by Crippen LogP contribution is -2.49. The van der Waals surface area contributed by atoms with Gasteiger partial charge in [-0.1, -0.05) is 6.08 Å². The van der Waals surface area contributed by atoms with Gasteiger partial charge in [0.15, 0.2) is 0 Å². The Hall–Kier alpha value is -0.920. The number of aliphatic imine (C=N–C) groups is 1. The fourth-order valence-electron chi connectivity index (χ4n) is 0.982. The molecule has 5 nitrogen and oxygen atoms in total. The molecular weight excluding hydrogens is 303 g/mol. The highest BCUT2D eigenvalue weighted by atomic mass is 35.5. The molecule has 0 saturated heterocycles. The van der Waals surface area contributed by atoms with Crippen molar-refractivity contribution in [3.63, 3.8) is 0 Å². The molecule has 0 amide bonds. The van der Waals surface area contributed by atoms with Crippen molar-refractivity contribution in [1.82, 2.24) is 0 Å². The molecule has 0 rings (SSSR count). The lowest BCUT2D eigenvalue weighted by molar-refractivity contribution is -0.144. The molecule has 0 unspecified atom stereocenters. The van der Waals surface area contributed by atoms with Crippen LogP contribution < -0.4 is 11.5 Å². The van der Waals surface area contributed by atoms with E-state index in [0.29, 0.717) is 0 Å². The van der Waals surface area contributed by atoms with Crippen LogP contribution in [-0.2, 0) is 4.79 Å². The number of amidine groups is 1. The summed E-state index contributed by atoms with van der Waals surface area (Å²) in [7, 11) is 0. The Kier molecular flexibility index (Phi) is 13.4. The first-order valence-electron chi connectivity index (χ1n) is 5.01. The van der Waals surface area contributed by atoms with E-state index in [2.05, 4.69) is 4.99 Å². The number of hydrogen-bond donors (Lipinski definition) is 3. The summed E-state index contributed by atoms with van der Waals surface area (Å²) in [5, 5.41) is 8.66. The molecule has 0 aromatic carbocycles. The Balaban J connectivity index is -0.00000128. The number of alkyl halides is 1. The Labute approximate surface area is 123 Å². The number of nitrogens with two attached hydrogens (primary N) is 2. The van der Waals surface area contributed by atoms with E-state index < -0.39 is 24.0 Å². The van der Waals surface area contributed by atoms with Gasteiger partial charge in [-0.25, -0.2) is 8.78 Å². The molecule has 0 saturated carbocycles. The molecular formula is C10H19Cl2F2N3O2. The van der Waals surface area contributed by atoms with Crippen LogP contribution in [0.15, 0.2) is 16.9 Å². The van der Waals surface area contributed by atoms with E-state index in [4.69, 9.17) is 16.6 Å². The van der Waals surface area contributed by atoms with Crippen LogP contribution in [0.4, 0.5) is 8.78 Å². The first-order chi connectivity index (χ1) is 7.81. The average Bonchev–Trinajstić information content (AvgIpc) is 2.25. The summed E-state index contributed by atoms with van der Waals surface area (Å²) in [6, 6.07) is 0. The Morgan fingerprint density at radius 2 is 2.00 bits per heavy atom. The number of rotatable bonds is 7. The summed E-state index contributed by atoms with van der Waals surface area (Å²) in [5.74, 6) is -1.75. The fourth-order valence-corrected chi connectivity index (χ4v) is 0.982. The van der Waals surface area contributed by atoms with Crippen LogP contribution in [0.3, 0.4) is 0 Å². The lowest BCUT2D eigenvalue weighted by atomic mass is 9.96. The Bertz CT molecular complexity index is 337. The van der Waals surface area contributed by atoms with Gasteiger partial charge in [0.25, 0.3) is 0 Å². The van der Waals surface area contributed by atoms with Gasteiger partial charge in [0.1, 0.15) is 18.0 Å². The van der Waals surface area contributed by atoms with Gasteiger partial charge in [-0.3, -0.25) is 9.79 Å². The van der Waals surface area contributed by atoms with Crippen LogP contribution in [0.25, 0.3) is 0 Å². The van der Waals surface area contributed by atoms with Crippen molar-refractivity contribution in [2.24, 2.45) is 16.5 Å². The third-order valence-corrected chi connectivity index (χ3v) is 2.10. The fraction of sp³-hybridized carbons (Fsp3) is 0.600. The molecule has 0 spiro atoms. The number of allylic oxidation sites excluding steroid dienone is 1. The number of aliphatic carboxylic acids is 1. The van der Waals surface area contributed by atoms with E-state index in [9.17, 15) is 13.6 Å². The first-order valence-corrected chi connectivity index (χ1v) is 5.01. The standard InChI is InChI=1S/C10H17F2N3O2.2ClH/c1-7(13)15-5-8(12)3-2-4-10(14,6-11)9(16)17;;/h3H,2,4-6,14H2,1H3,(H2,13,15)(H,16,17);2*1H/b8-3+;;/t10-;;/m1../s1. The zero-order chi connectivity index (χ0) is 13.5. The molecule has 0 aliphatic rings. The maximum absolute atomic E-state index is 13.1. The molecule has 0 aromatic rings. The third-order valence-electron chi connectivity index (χ3n) is 2.10. The molecule has 0 heterocycles. The van der Waals surface area contributed by atoms with Gasteiger partial charge in [-0.05, 0) is 19.8 Å². The van der Waals surface area contributed by atoms with Crippen LogP contribution in [-0.4, -0.2) is 35.7 Å². The quantitative estimate of drug-likeness (QED) is 0.489. The van der Waals surface area contributed by atoms with E-state index in [1.54, 1.807) is 0 Å².